The van der Waals surface area contributed by atoms with Crippen LogP contribution >= 0.6 is 0 Å². The minimum atomic E-state index is -0.689. The molecule has 1 aromatic carbocycles. The molecule has 0 bridgehead atoms. The Kier molecular flexibility index (Phi) is 3.88. The molecule has 7 nitrogen and oxygen atoms in total. The summed E-state index contributed by atoms with van der Waals surface area (Å²) in [5.41, 5.74) is 6.57. The Hall–Kier alpha value is -2.90. The number of carbonyl (C=O) groups is 1. The molecule has 8 heteroatoms. The van der Waals surface area contributed by atoms with Crippen LogP contribution in [-0.2, 0) is 7.05 Å². The van der Waals surface area contributed by atoms with Crippen LogP contribution in [0, 0.1) is 12.7 Å². The number of halogens is 1. The number of nitrogens with two attached hydrogens (primary N) is 1. The monoisotopic (exact) mass is 291 g/mol. The summed E-state index contributed by atoms with van der Waals surface area (Å²) in [6.45, 7) is 1.75. The summed E-state index contributed by atoms with van der Waals surface area (Å²) >= 11 is 0. The zero-order valence-electron chi connectivity index (χ0n) is 11.5. The Morgan fingerprint density at radius 3 is 2.71 bits per heavy atom. The molecular formula is C13H14FN5O2. The van der Waals surface area contributed by atoms with Gasteiger partial charge >= 0.3 is 0 Å². The van der Waals surface area contributed by atoms with Gasteiger partial charge in [0.15, 0.2) is 5.84 Å². The van der Waals surface area contributed by atoms with Crippen molar-refractivity contribution in [3.05, 3.63) is 47.0 Å². The van der Waals surface area contributed by atoms with E-state index in [1.165, 1.54) is 16.8 Å². The average Bonchev–Trinajstić information content (AvgIpc) is 2.79. The van der Waals surface area contributed by atoms with Crippen molar-refractivity contribution in [2.75, 3.05) is 5.32 Å². The van der Waals surface area contributed by atoms with Crippen LogP contribution in [0.2, 0.25) is 0 Å². The molecule has 21 heavy (non-hydrogen) atoms. The molecule has 0 atom stereocenters. The molecule has 0 radical (unpaired) electrons. The molecule has 0 spiro atoms. The van der Waals surface area contributed by atoms with Crippen LogP contribution in [-0.4, -0.2) is 26.7 Å². The fourth-order valence-corrected chi connectivity index (χ4v) is 1.84. The number of oxime groups is 1. The maximum atomic E-state index is 13.9. The number of hydrogen-bond acceptors (Lipinski definition) is 4. The number of aromatic nitrogens is 2. The first-order valence-electron chi connectivity index (χ1n) is 6.02. The van der Waals surface area contributed by atoms with Crippen molar-refractivity contribution in [1.29, 1.82) is 0 Å². The number of benzene rings is 1. The van der Waals surface area contributed by atoms with Crippen LogP contribution < -0.4 is 11.1 Å². The second-order valence-electron chi connectivity index (χ2n) is 4.43. The number of rotatable bonds is 3. The average molecular weight is 291 g/mol. The zero-order chi connectivity index (χ0) is 15.6. The molecule has 0 fully saturated rings. The highest BCUT2D eigenvalue weighted by Crippen LogP contribution is 2.17. The number of amidine groups is 1. The van der Waals surface area contributed by atoms with Gasteiger partial charge < -0.3 is 16.3 Å². The number of carbonyl (C=O) groups excluding carboxylic acids is 1. The third-order valence-electron chi connectivity index (χ3n) is 2.86. The lowest BCUT2D eigenvalue weighted by molar-refractivity contribution is 0.101. The fraction of sp³-hybridized carbons (Fsp3) is 0.154. The zero-order valence-corrected chi connectivity index (χ0v) is 11.5. The summed E-state index contributed by atoms with van der Waals surface area (Å²) in [7, 11) is 1.62. The molecule has 1 heterocycles. The molecule has 2 rings (SSSR count). The first-order valence-corrected chi connectivity index (χ1v) is 6.02. The van der Waals surface area contributed by atoms with Gasteiger partial charge in [-0.15, -0.1) is 0 Å². The highest BCUT2D eigenvalue weighted by molar-refractivity contribution is 6.03. The minimum Gasteiger partial charge on any atom is -0.409 e. The molecule has 110 valence electrons. The van der Waals surface area contributed by atoms with Crippen molar-refractivity contribution in [1.82, 2.24) is 9.78 Å². The van der Waals surface area contributed by atoms with Gasteiger partial charge in [0.25, 0.3) is 5.91 Å². The number of amides is 1. The second kappa shape index (κ2) is 5.61. The number of nitrogens with one attached hydrogen (secondary N) is 1. The van der Waals surface area contributed by atoms with Gasteiger partial charge in [-0.25, -0.2) is 4.39 Å². The van der Waals surface area contributed by atoms with E-state index in [2.05, 4.69) is 15.6 Å². The van der Waals surface area contributed by atoms with E-state index in [-0.39, 0.29) is 17.1 Å². The van der Waals surface area contributed by atoms with E-state index in [9.17, 15) is 9.18 Å². The van der Waals surface area contributed by atoms with Gasteiger partial charge in [0, 0.05) is 12.6 Å². The predicted octanol–water partition coefficient (Wildman–Crippen LogP) is 1.21. The van der Waals surface area contributed by atoms with Crippen molar-refractivity contribution >= 4 is 17.4 Å². The molecule has 0 saturated carbocycles. The summed E-state index contributed by atoms with van der Waals surface area (Å²) in [6, 6.07) is 5.43. The summed E-state index contributed by atoms with van der Waals surface area (Å²) in [4.78, 5) is 12.0. The van der Waals surface area contributed by atoms with E-state index in [0.29, 0.717) is 11.4 Å². The molecule has 0 aliphatic heterocycles. The van der Waals surface area contributed by atoms with Crippen LogP contribution in [0.3, 0.4) is 0 Å². The third-order valence-corrected chi connectivity index (χ3v) is 2.86. The fourth-order valence-electron chi connectivity index (χ4n) is 1.84. The van der Waals surface area contributed by atoms with Crippen LogP contribution in [0.25, 0.3) is 0 Å². The van der Waals surface area contributed by atoms with E-state index in [0.717, 1.165) is 6.07 Å². The van der Waals surface area contributed by atoms with Crippen molar-refractivity contribution in [2.24, 2.45) is 17.9 Å². The Labute approximate surface area is 119 Å². The molecule has 1 amide bonds. The lowest BCUT2D eigenvalue weighted by Crippen LogP contribution is -2.18. The Balaban J connectivity index is 2.24. The largest absolute Gasteiger partial charge is 0.409 e. The highest BCUT2D eigenvalue weighted by Gasteiger charge is 2.14. The summed E-state index contributed by atoms with van der Waals surface area (Å²) < 4.78 is 15.3. The van der Waals surface area contributed by atoms with Gasteiger partial charge in [0.2, 0.25) is 0 Å². The molecule has 0 aliphatic rings. The Morgan fingerprint density at radius 1 is 1.48 bits per heavy atom. The molecule has 0 saturated heterocycles. The number of hydrogen-bond donors (Lipinski definition) is 3. The van der Waals surface area contributed by atoms with Gasteiger partial charge in [-0.1, -0.05) is 5.16 Å². The number of nitrogens with zero attached hydrogens (tertiary/aromatic N) is 3. The first-order chi connectivity index (χ1) is 9.92. The van der Waals surface area contributed by atoms with Crippen molar-refractivity contribution in [3.8, 4) is 0 Å². The standard InChI is InChI=1S/C13H14FN5O2/c1-7-5-11(19(2)17-7)13(20)16-10-4-3-8(6-9(10)14)12(15)18-21/h3-6,21H,1-2H3,(H2,15,18)(H,16,20). The quantitative estimate of drug-likeness (QED) is 0.342. The molecule has 0 aliphatic carbocycles. The Bertz CT molecular complexity index is 723. The van der Waals surface area contributed by atoms with Gasteiger partial charge in [-0.2, -0.15) is 5.10 Å². The van der Waals surface area contributed by atoms with Gasteiger partial charge in [-0.3, -0.25) is 9.48 Å². The van der Waals surface area contributed by atoms with Gasteiger partial charge in [0.1, 0.15) is 11.5 Å². The van der Waals surface area contributed by atoms with E-state index in [1.807, 2.05) is 0 Å². The number of anilines is 1. The van der Waals surface area contributed by atoms with Gasteiger partial charge in [-0.05, 0) is 31.2 Å². The molecule has 0 unspecified atom stereocenters. The maximum absolute atomic E-state index is 13.9. The molecule has 2 aromatic rings. The molecular weight excluding hydrogens is 277 g/mol. The van der Waals surface area contributed by atoms with Crippen molar-refractivity contribution in [2.45, 2.75) is 6.92 Å². The summed E-state index contributed by atoms with van der Waals surface area (Å²) in [6.07, 6.45) is 0. The van der Waals surface area contributed by atoms with E-state index < -0.39 is 11.7 Å². The van der Waals surface area contributed by atoms with Crippen LogP contribution in [0.4, 0.5) is 10.1 Å². The highest BCUT2D eigenvalue weighted by atomic mass is 19.1. The SMILES string of the molecule is Cc1cc(C(=O)Nc2ccc(/C(N)=N/O)cc2F)n(C)n1. The predicted molar refractivity (Wildman–Crippen MR) is 74.8 cm³/mol. The third kappa shape index (κ3) is 2.99. The normalized spacial score (nSPS) is 11.5. The van der Waals surface area contributed by atoms with Crippen LogP contribution in [0.1, 0.15) is 21.7 Å². The van der Waals surface area contributed by atoms with E-state index in [4.69, 9.17) is 10.9 Å². The van der Waals surface area contributed by atoms with Crippen LogP contribution in [0.5, 0.6) is 0 Å². The summed E-state index contributed by atoms with van der Waals surface area (Å²) in [5, 5.41) is 17.8. The lowest BCUT2D eigenvalue weighted by Gasteiger charge is -2.07. The smallest absolute Gasteiger partial charge is 0.274 e. The first kappa shape index (κ1) is 14.5. The van der Waals surface area contributed by atoms with Gasteiger partial charge in [0.05, 0.1) is 11.4 Å². The van der Waals surface area contributed by atoms with Crippen molar-refractivity contribution < 1.29 is 14.4 Å². The minimum absolute atomic E-state index is 0.00616. The maximum Gasteiger partial charge on any atom is 0.274 e. The number of aryl methyl sites for hydroxylation is 2. The van der Waals surface area contributed by atoms with E-state index >= 15 is 0 Å². The van der Waals surface area contributed by atoms with Crippen molar-refractivity contribution in [3.63, 3.8) is 0 Å². The Morgan fingerprint density at radius 2 is 2.19 bits per heavy atom. The second-order valence-corrected chi connectivity index (χ2v) is 4.43. The lowest BCUT2D eigenvalue weighted by atomic mass is 10.2. The molecule has 4 N–H and O–H groups in total. The topological polar surface area (TPSA) is 106 Å². The van der Waals surface area contributed by atoms with Crippen LogP contribution in [0.15, 0.2) is 29.4 Å². The van der Waals surface area contributed by atoms with E-state index in [1.54, 1.807) is 20.0 Å². The summed E-state index contributed by atoms with van der Waals surface area (Å²) in [5.74, 6) is -1.38. The molecule has 1 aromatic heterocycles.